The van der Waals surface area contributed by atoms with E-state index in [1.165, 1.54) is 4.31 Å². The molecule has 1 amide bonds. The van der Waals surface area contributed by atoms with Gasteiger partial charge in [0, 0.05) is 13.1 Å². The number of hydrogen-bond acceptors (Lipinski definition) is 5. The highest BCUT2D eigenvalue weighted by molar-refractivity contribution is 7.92. The van der Waals surface area contributed by atoms with E-state index in [0.29, 0.717) is 44.6 Å². The van der Waals surface area contributed by atoms with Crippen molar-refractivity contribution in [1.82, 2.24) is 4.90 Å². The number of carbonyl (C=O) groups is 2. The highest BCUT2D eigenvalue weighted by Crippen LogP contribution is 2.27. The van der Waals surface area contributed by atoms with Crippen LogP contribution in [0.4, 0.5) is 5.69 Å². The van der Waals surface area contributed by atoms with Gasteiger partial charge in [-0.15, -0.1) is 0 Å². The first-order valence-corrected chi connectivity index (χ1v) is 12.0. The van der Waals surface area contributed by atoms with Crippen molar-refractivity contribution in [3.8, 4) is 0 Å². The van der Waals surface area contributed by atoms with E-state index in [1.807, 2.05) is 26.8 Å². The number of likely N-dealkylation sites (tertiary alicyclic amines) is 1. The number of hydrogen-bond donors (Lipinski definition) is 0. The molecule has 0 spiro atoms. The number of esters is 1. The first kappa shape index (κ1) is 23.2. The summed E-state index contributed by atoms with van der Waals surface area (Å²) in [7, 11) is -3.66. The summed E-state index contributed by atoms with van der Waals surface area (Å²) < 4.78 is 31.6. The fraction of sp³-hybridized carbons (Fsp3) is 0.619. The molecular weight excluding hydrogens is 392 g/mol. The molecule has 1 aromatic rings. The van der Waals surface area contributed by atoms with Crippen LogP contribution < -0.4 is 4.31 Å². The average Bonchev–Trinajstić information content (AvgIpc) is 2.67. The van der Waals surface area contributed by atoms with E-state index in [1.54, 1.807) is 24.0 Å². The highest BCUT2D eigenvalue weighted by Gasteiger charge is 2.36. The van der Waals surface area contributed by atoms with Gasteiger partial charge in [0.05, 0.1) is 24.5 Å². The third-order valence-electron chi connectivity index (χ3n) is 5.48. The van der Waals surface area contributed by atoms with E-state index in [9.17, 15) is 18.0 Å². The van der Waals surface area contributed by atoms with Crippen molar-refractivity contribution in [2.75, 3.05) is 30.3 Å². The molecule has 0 saturated carbocycles. The molecule has 8 heteroatoms. The van der Waals surface area contributed by atoms with E-state index >= 15 is 0 Å². The number of nitrogens with zero attached hydrogens (tertiary/aromatic N) is 2. The average molecular weight is 425 g/mol. The number of aryl methyl sites for hydroxylation is 2. The van der Waals surface area contributed by atoms with E-state index in [4.69, 9.17) is 4.74 Å². The Kier molecular flexibility index (Phi) is 7.68. The first-order chi connectivity index (χ1) is 13.6. The van der Waals surface area contributed by atoms with Crippen molar-refractivity contribution in [2.45, 2.75) is 53.0 Å². The number of anilines is 1. The zero-order valence-corrected chi connectivity index (χ0v) is 18.8. The van der Waals surface area contributed by atoms with Gasteiger partial charge in [-0.1, -0.05) is 13.0 Å². The van der Waals surface area contributed by atoms with E-state index in [-0.39, 0.29) is 17.8 Å². The zero-order chi connectivity index (χ0) is 21.8. The molecule has 0 N–H and O–H groups in total. The molecule has 0 bridgehead atoms. The van der Waals surface area contributed by atoms with Crippen LogP contribution in [0.25, 0.3) is 0 Å². The number of piperidine rings is 1. The monoisotopic (exact) mass is 424 g/mol. The fourth-order valence-corrected chi connectivity index (χ4v) is 4.91. The normalized spacial score (nSPS) is 16.4. The van der Waals surface area contributed by atoms with Crippen LogP contribution in [0, 0.1) is 19.8 Å². The maximum Gasteiger partial charge on any atom is 0.309 e. The summed E-state index contributed by atoms with van der Waals surface area (Å²) in [5.74, 6) is -0.650. The quantitative estimate of drug-likeness (QED) is 0.629. The Morgan fingerprint density at radius 1 is 1.17 bits per heavy atom. The number of rotatable bonds is 7. The van der Waals surface area contributed by atoms with Gasteiger partial charge in [0.1, 0.15) is 6.04 Å². The molecule has 0 aliphatic carbocycles. The SMILES string of the molecule is CCOC(=O)C1CCN(C(=O)[C@H](CC)N(c2ccc(C)c(C)c2)S(C)(=O)=O)CC1. The molecule has 1 atom stereocenters. The molecule has 29 heavy (non-hydrogen) atoms. The smallest absolute Gasteiger partial charge is 0.309 e. The fourth-order valence-electron chi connectivity index (χ4n) is 3.71. The predicted octanol–water partition coefficient (Wildman–Crippen LogP) is 2.65. The van der Waals surface area contributed by atoms with Crippen LogP contribution in [0.3, 0.4) is 0 Å². The lowest BCUT2D eigenvalue weighted by atomic mass is 9.96. The maximum atomic E-state index is 13.2. The largest absolute Gasteiger partial charge is 0.466 e. The lowest BCUT2D eigenvalue weighted by Crippen LogP contribution is -2.52. The Labute approximate surface area is 174 Å². The summed E-state index contributed by atoms with van der Waals surface area (Å²) >= 11 is 0. The first-order valence-electron chi connectivity index (χ1n) is 10.1. The second kappa shape index (κ2) is 9.61. The second-order valence-electron chi connectivity index (χ2n) is 7.60. The lowest BCUT2D eigenvalue weighted by Gasteiger charge is -2.37. The van der Waals surface area contributed by atoms with E-state index in [0.717, 1.165) is 17.4 Å². The minimum Gasteiger partial charge on any atom is -0.466 e. The summed E-state index contributed by atoms with van der Waals surface area (Å²) in [6, 6.07) is 4.60. The van der Waals surface area contributed by atoms with Crippen LogP contribution in [-0.4, -0.2) is 57.2 Å². The Balaban J connectivity index is 2.23. The van der Waals surface area contributed by atoms with Crippen molar-refractivity contribution < 1.29 is 22.7 Å². The van der Waals surface area contributed by atoms with Crippen LogP contribution in [0.1, 0.15) is 44.2 Å². The topological polar surface area (TPSA) is 84.0 Å². The van der Waals surface area contributed by atoms with Gasteiger partial charge >= 0.3 is 5.97 Å². The molecule has 0 unspecified atom stereocenters. The van der Waals surface area contributed by atoms with Gasteiger partial charge in [-0.3, -0.25) is 13.9 Å². The predicted molar refractivity (Wildman–Crippen MR) is 113 cm³/mol. The minimum absolute atomic E-state index is 0.204. The highest BCUT2D eigenvalue weighted by atomic mass is 32.2. The Morgan fingerprint density at radius 3 is 2.28 bits per heavy atom. The Bertz CT molecular complexity index is 845. The molecule has 7 nitrogen and oxygen atoms in total. The number of amides is 1. The van der Waals surface area contributed by atoms with Crippen molar-refractivity contribution >= 4 is 27.6 Å². The molecular formula is C21H32N2O5S. The van der Waals surface area contributed by atoms with Crippen molar-refractivity contribution in [3.05, 3.63) is 29.3 Å². The molecule has 1 aliphatic heterocycles. The molecule has 2 rings (SSSR count). The second-order valence-corrected chi connectivity index (χ2v) is 9.46. The Morgan fingerprint density at radius 2 is 1.79 bits per heavy atom. The maximum absolute atomic E-state index is 13.2. The number of sulfonamides is 1. The van der Waals surface area contributed by atoms with Gasteiger partial charge in [0.2, 0.25) is 15.9 Å². The number of ether oxygens (including phenoxy) is 1. The van der Waals surface area contributed by atoms with Crippen molar-refractivity contribution in [3.63, 3.8) is 0 Å². The number of carbonyl (C=O) groups excluding carboxylic acids is 2. The summed E-state index contributed by atoms with van der Waals surface area (Å²) in [6.07, 6.45) is 2.55. The van der Waals surface area contributed by atoms with E-state index < -0.39 is 16.1 Å². The van der Waals surface area contributed by atoms with Crippen molar-refractivity contribution in [2.24, 2.45) is 5.92 Å². The number of benzene rings is 1. The zero-order valence-electron chi connectivity index (χ0n) is 18.0. The minimum atomic E-state index is -3.66. The molecule has 1 aliphatic rings. The molecule has 1 fully saturated rings. The molecule has 0 aromatic heterocycles. The van der Waals surface area contributed by atoms with Crippen molar-refractivity contribution in [1.29, 1.82) is 0 Å². The van der Waals surface area contributed by atoms with E-state index in [2.05, 4.69) is 0 Å². The molecule has 162 valence electrons. The van der Waals surface area contributed by atoms with Gasteiger partial charge in [-0.25, -0.2) is 8.42 Å². The van der Waals surface area contributed by atoms with Crippen LogP contribution in [0.5, 0.6) is 0 Å². The third kappa shape index (κ3) is 5.50. The molecule has 1 heterocycles. The standard InChI is InChI=1S/C21H32N2O5S/c1-6-19(20(24)22-12-10-17(11-13-22)21(25)28-7-2)23(29(5,26)27)18-9-8-15(3)16(4)14-18/h8-9,14,17,19H,6-7,10-13H2,1-5H3/t19-/m0/s1. The van der Waals surface area contributed by atoms with Crippen LogP contribution >= 0.6 is 0 Å². The Hall–Kier alpha value is -2.09. The molecule has 1 saturated heterocycles. The molecule has 1 aromatic carbocycles. The van der Waals surface area contributed by atoms with Crippen LogP contribution in [-0.2, 0) is 24.3 Å². The van der Waals surface area contributed by atoms with Gasteiger partial charge in [0.15, 0.2) is 0 Å². The summed E-state index contributed by atoms with van der Waals surface area (Å²) in [6.45, 7) is 8.65. The van der Waals surface area contributed by atoms with Gasteiger partial charge in [-0.05, 0) is 63.3 Å². The van der Waals surface area contributed by atoms with Gasteiger partial charge in [0.25, 0.3) is 0 Å². The van der Waals surface area contributed by atoms with Crippen LogP contribution in [0.2, 0.25) is 0 Å². The van der Waals surface area contributed by atoms with Gasteiger partial charge in [-0.2, -0.15) is 0 Å². The summed E-state index contributed by atoms with van der Waals surface area (Å²) in [4.78, 5) is 26.9. The van der Waals surface area contributed by atoms with Crippen LogP contribution in [0.15, 0.2) is 18.2 Å². The third-order valence-corrected chi connectivity index (χ3v) is 6.66. The summed E-state index contributed by atoms with van der Waals surface area (Å²) in [5.41, 5.74) is 2.52. The summed E-state index contributed by atoms with van der Waals surface area (Å²) in [5, 5.41) is 0. The lowest BCUT2D eigenvalue weighted by molar-refractivity contribution is -0.151. The molecule has 0 radical (unpaired) electrons. The van der Waals surface area contributed by atoms with Gasteiger partial charge < -0.3 is 9.64 Å².